The number of para-hydroxylation sites is 1. The molecule has 0 bridgehead atoms. The van der Waals surface area contributed by atoms with Crippen LogP contribution in [0, 0.1) is 0 Å². The lowest BCUT2D eigenvalue weighted by atomic mass is 10.1. The smallest absolute Gasteiger partial charge is 0.337 e. The second kappa shape index (κ2) is 6.62. The van der Waals surface area contributed by atoms with Gasteiger partial charge in [-0.05, 0) is 25.1 Å². The number of rotatable bonds is 5. The topological polar surface area (TPSA) is 98.7 Å². The largest absolute Gasteiger partial charge is 0.872 e. The first-order valence-corrected chi connectivity index (χ1v) is 6.54. The van der Waals surface area contributed by atoms with E-state index in [2.05, 4.69) is 5.32 Å². The molecule has 2 rings (SSSR count). The van der Waals surface area contributed by atoms with E-state index >= 15 is 0 Å². The average molecular weight is 300 g/mol. The molecule has 0 unspecified atom stereocenters. The molecule has 0 saturated heterocycles. The number of ether oxygens (including phenoxy) is 1. The molecule has 0 heterocycles. The minimum atomic E-state index is -1.29. The second-order valence-electron chi connectivity index (χ2n) is 4.57. The fraction of sp³-hybridized carbons (Fsp3) is 0.125. The second-order valence-corrected chi connectivity index (χ2v) is 4.57. The van der Waals surface area contributed by atoms with E-state index in [1.807, 2.05) is 6.07 Å². The van der Waals surface area contributed by atoms with Crippen LogP contribution in [0.15, 0.2) is 48.5 Å². The molecular weight excluding hydrogens is 286 g/mol. The number of anilines is 1. The summed E-state index contributed by atoms with van der Waals surface area (Å²) in [5.41, 5.74) is -0.201. The highest BCUT2D eigenvalue weighted by molar-refractivity contribution is 6.02. The van der Waals surface area contributed by atoms with E-state index in [9.17, 15) is 14.7 Å². The van der Waals surface area contributed by atoms with Gasteiger partial charge in [-0.1, -0.05) is 30.3 Å². The summed E-state index contributed by atoms with van der Waals surface area (Å²) in [5.74, 6) is -1.71. The number of carboxylic acid groups (broad SMARTS) is 1. The number of carbonyl (C=O) groups is 2. The van der Waals surface area contributed by atoms with Crippen molar-refractivity contribution in [2.75, 3.05) is 5.32 Å². The molecule has 1 amide bonds. The van der Waals surface area contributed by atoms with Crippen LogP contribution in [-0.4, -0.2) is 23.1 Å². The predicted octanol–water partition coefficient (Wildman–Crippen LogP) is 1.86. The van der Waals surface area contributed by atoms with E-state index in [0.717, 1.165) is 6.07 Å². The molecule has 6 nitrogen and oxygen atoms in total. The molecular formula is C16H14NO5-. The number of carbonyl (C=O) groups excluding carboxylic acids is 1. The van der Waals surface area contributed by atoms with E-state index in [-0.39, 0.29) is 11.3 Å². The van der Waals surface area contributed by atoms with Crippen molar-refractivity contribution in [3.63, 3.8) is 0 Å². The molecule has 2 aromatic carbocycles. The van der Waals surface area contributed by atoms with Gasteiger partial charge in [-0.2, -0.15) is 0 Å². The summed E-state index contributed by atoms with van der Waals surface area (Å²) in [4.78, 5) is 23.2. The first-order chi connectivity index (χ1) is 10.5. The van der Waals surface area contributed by atoms with Crippen LogP contribution in [0.2, 0.25) is 0 Å². The Bertz CT molecular complexity index is 684. The minimum absolute atomic E-state index is 0.0561. The highest BCUT2D eigenvalue weighted by Crippen LogP contribution is 2.20. The zero-order valence-corrected chi connectivity index (χ0v) is 11.8. The lowest BCUT2D eigenvalue weighted by Crippen LogP contribution is -2.30. The number of hydrogen-bond acceptors (Lipinski definition) is 4. The molecule has 2 aromatic rings. The van der Waals surface area contributed by atoms with E-state index < -0.39 is 23.7 Å². The Morgan fingerprint density at radius 3 is 2.50 bits per heavy atom. The van der Waals surface area contributed by atoms with Crippen molar-refractivity contribution in [1.29, 1.82) is 0 Å². The van der Waals surface area contributed by atoms with E-state index in [1.54, 1.807) is 31.2 Å². The standard InChI is InChI=1S/C16H15NO5/c1-10(22-12-5-3-2-4-6-12)15(19)17-14-8-7-11(18)9-13(14)16(20)21/h2-10,18H,1H3,(H,17,19)(H,20,21)/p-1/t10-/m0/s1. The van der Waals surface area contributed by atoms with Gasteiger partial charge in [0.15, 0.2) is 6.10 Å². The summed E-state index contributed by atoms with van der Waals surface area (Å²) in [6.45, 7) is 1.55. The third kappa shape index (κ3) is 3.76. The molecule has 6 heteroatoms. The van der Waals surface area contributed by atoms with Gasteiger partial charge in [0.05, 0.1) is 11.3 Å². The van der Waals surface area contributed by atoms with Crippen molar-refractivity contribution in [2.45, 2.75) is 13.0 Å². The van der Waals surface area contributed by atoms with Crippen LogP contribution in [-0.2, 0) is 4.79 Å². The Labute approximate surface area is 127 Å². The highest BCUT2D eigenvalue weighted by atomic mass is 16.5. The van der Waals surface area contributed by atoms with Crippen molar-refractivity contribution in [2.24, 2.45) is 0 Å². The van der Waals surface area contributed by atoms with Crippen molar-refractivity contribution in [3.05, 3.63) is 54.1 Å². The van der Waals surface area contributed by atoms with Crippen LogP contribution in [0.25, 0.3) is 0 Å². The Balaban J connectivity index is 2.10. The van der Waals surface area contributed by atoms with Gasteiger partial charge in [0.25, 0.3) is 5.91 Å². The molecule has 0 aliphatic rings. The Kier molecular flexibility index (Phi) is 4.63. The molecule has 0 aromatic heterocycles. The van der Waals surface area contributed by atoms with Gasteiger partial charge < -0.3 is 20.3 Å². The molecule has 0 aliphatic carbocycles. The first kappa shape index (κ1) is 15.4. The number of carboxylic acids is 1. The number of hydrogen-bond donors (Lipinski definition) is 2. The zero-order chi connectivity index (χ0) is 16.1. The SMILES string of the molecule is C[C@H](Oc1ccccc1)C(=O)Nc1ccc([O-])cc1C(=O)O. The Morgan fingerprint density at radius 1 is 1.18 bits per heavy atom. The van der Waals surface area contributed by atoms with Crippen LogP contribution in [0.4, 0.5) is 5.69 Å². The minimum Gasteiger partial charge on any atom is -0.872 e. The molecule has 2 N–H and O–H groups in total. The van der Waals surface area contributed by atoms with E-state index in [4.69, 9.17) is 9.84 Å². The van der Waals surface area contributed by atoms with Crippen molar-refractivity contribution >= 4 is 17.6 Å². The molecule has 0 aliphatic heterocycles. The Hall–Kier alpha value is -3.02. The normalized spacial score (nSPS) is 11.5. The zero-order valence-electron chi connectivity index (χ0n) is 11.8. The van der Waals surface area contributed by atoms with Crippen LogP contribution in [0.5, 0.6) is 11.5 Å². The maximum Gasteiger partial charge on any atom is 0.337 e. The number of aromatic carboxylic acids is 1. The maximum atomic E-state index is 12.1. The Morgan fingerprint density at radius 2 is 1.86 bits per heavy atom. The summed E-state index contributed by atoms with van der Waals surface area (Å²) in [6, 6.07) is 12.2. The van der Waals surface area contributed by atoms with E-state index in [0.29, 0.717) is 5.75 Å². The van der Waals surface area contributed by atoms with Crippen molar-refractivity contribution < 1.29 is 24.5 Å². The number of nitrogens with one attached hydrogen (secondary N) is 1. The van der Waals surface area contributed by atoms with Gasteiger partial charge in [-0.3, -0.25) is 4.79 Å². The van der Waals surface area contributed by atoms with Crippen molar-refractivity contribution in [1.82, 2.24) is 0 Å². The summed E-state index contributed by atoms with van der Waals surface area (Å²) >= 11 is 0. The summed E-state index contributed by atoms with van der Waals surface area (Å²) in [6.07, 6.45) is -0.823. The fourth-order valence-electron chi connectivity index (χ4n) is 1.80. The lowest BCUT2D eigenvalue weighted by molar-refractivity contribution is -0.268. The third-order valence-electron chi connectivity index (χ3n) is 2.90. The van der Waals surface area contributed by atoms with Gasteiger partial charge in [0.1, 0.15) is 5.75 Å². The third-order valence-corrected chi connectivity index (χ3v) is 2.90. The molecule has 22 heavy (non-hydrogen) atoms. The fourth-order valence-corrected chi connectivity index (χ4v) is 1.80. The highest BCUT2D eigenvalue weighted by Gasteiger charge is 2.18. The van der Waals surface area contributed by atoms with Gasteiger partial charge in [0, 0.05) is 0 Å². The van der Waals surface area contributed by atoms with Crippen LogP contribution >= 0.6 is 0 Å². The first-order valence-electron chi connectivity index (χ1n) is 6.54. The van der Waals surface area contributed by atoms with Crippen LogP contribution < -0.4 is 15.2 Å². The summed E-state index contributed by atoms with van der Waals surface area (Å²) in [7, 11) is 0. The molecule has 1 atom stereocenters. The molecule has 0 fully saturated rings. The molecule has 0 radical (unpaired) electrons. The van der Waals surface area contributed by atoms with E-state index in [1.165, 1.54) is 12.1 Å². The summed E-state index contributed by atoms with van der Waals surface area (Å²) < 4.78 is 5.45. The quantitative estimate of drug-likeness (QED) is 0.878. The molecule has 0 saturated carbocycles. The van der Waals surface area contributed by atoms with Gasteiger partial charge in [-0.15, -0.1) is 5.75 Å². The lowest BCUT2D eigenvalue weighted by Gasteiger charge is -2.16. The maximum absolute atomic E-state index is 12.1. The van der Waals surface area contributed by atoms with Gasteiger partial charge in [-0.25, -0.2) is 4.79 Å². The van der Waals surface area contributed by atoms with Gasteiger partial charge >= 0.3 is 5.97 Å². The van der Waals surface area contributed by atoms with Crippen LogP contribution in [0.3, 0.4) is 0 Å². The molecule has 0 spiro atoms. The predicted molar refractivity (Wildman–Crippen MR) is 78.0 cm³/mol. The number of benzene rings is 2. The van der Waals surface area contributed by atoms with Crippen LogP contribution in [0.1, 0.15) is 17.3 Å². The van der Waals surface area contributed by atoms with Gasteiger partial charge in [0.2, 0.25) is 0 Å². The molecule has 114 valence electrons. The monoisotopic (exact) mass is 300 g/mol. The summed E-state index contributed by atoms with van der Waals surface area (Å²) in [5, 5.41) is 22.7. The van der Waals surface area contributed by atoms with Crippen molar-refractivity contribution in [3.8, 4) is 11.5 Å². The number of amides is 1. The average Bonchev–Trinajstić information content (AvgIpc) is 2.49.